The predicted molar refractivity (Wildman–Crippen MR) is 155 cm³/mol. The zero-order valence-electron chi connectivity index (χ0n) is 24.8. The van der Waals surface area contributed by atoms with Gasteiger partial charge < -0.3 is 24.3 Å². The van der Waals surface area contributed by atoms with Gasteiger partial charge in [-0.2, -0.15) is 0 Å². The molecule has 0 saturated carbocycles. The van der Waals surface area contributed by atoms with Crippen LogP contribution in [-0.4, -0.2) is 71.3 Å². The second-order valence-corrected chi connectivity index (χ2v) is 12.6. The Balaban J connectivity index is 1.33. The molecule has 0 radical (unpaired) electrons. The number of oxazole rings is 1. The third kappa shape index (κ3) is 6.60. The Morgan fingerprint density at radius 3 is 2.61 bits per heavy atom. The summed E-state index contributed by atoms with van der Waals surface area (Å²) >= 11 is 0. The molecule has 1 aromatic carbocycles. The fourth-order valence-electron chi connectivity index (χ4n) is 6.97. The molecule has 1 N–H and O–H groups in total. The maximum absolute atomic E-state index is 13.8. The number of carbonyl (C=O) groups is 3. The van der Waals surface area contributed by atoms with E-state index < -0.39 is 0 Å². The fraction of sp³-hybridized carbons (Fsp3) is 0.625. The number of piperidine rings is 2. The molecule has 0 aliphatic carbocycles. The van der Waals surface area contributed by atoms with Crippen molar-refractivity contribution >= 4 is 17.7 Å². The summed E-state index contributed by atoms with van der Waals surface area (Å²) in [5.74, 6) is 2.34. The SMILES string of the molecule is COc1ccc(-c2ocnc2C(=O)N2C[C@@H]3C[C@@H](C2)[C@@H]2CCCC(=O)N[C@H](C(C)C)CC[C@@H](C)CC(=O)N2C3)cc1. The molecule has 3 aliphatic heterocycles. The van der Waals surface area contributed by atoms with Crippen molar-refractivity contribution in [3.05, 3.63) is 36.4 Å². The van der Waals surface area contributed by atoms with E-state index in [0.717, 1.165) is 43.4 Å². The highest BCUT2D eigenvalue weighted by Gasteiger charge is 2.44. The summed E-state index contributed by atoms with van der Waals surface area (Å²) in [7, 11) is 1.61. The average molecular weight is 565 g/mol. The van der Waals surface area contributed by atoms with E-state index in [9.17, 15) is 14.4 Å². The van der Waals surface area contributed by atoms with Crippen molar-refractivity contribution in [2.45, 2.75) is 77.8 Å². The van der Waals surface area contributed by atoms with Crippen molar-refractivity contribution in [3.8, 4) is 17.1 Å². The lowest BCUT2D eigenvalue weighted by Crippen LogP contribution is -2.60. The van der Waals surface area contributed by atoms with Gasteiger partial charge in [0.25, 0.3) is 5.91 Å². The van der Waals surface area contributed by atoms with Crippen LogP contribution in [0.2, 0.25) is 0 Å². The summed E-state index contributed by atoms with van der Waals surface area (Å²) in [5, 5.41) is 3.25. The zero-order chi connectivity index (χ0) is 29.1. The van der Waals surface area contributed by atoms with E-state index in [1.54, 1.807) is 7.11 Å². The van der Waals surface area contributed by atoms with E-state index in [-0.39, 0.29) is 47.6 Å². The molecule has 5 atom stereocenters. The first kappa shape index (κ1) is 29.1. The molecule has 9 nitrogen and oxygen atoms in total. The standard InChI is InChI=1S/C32H44N4O5/c1-20(2)26-13-8-21(3)14-29(38)36-17-22-15-24(27(36)6-5-7-28(37)34-26)18-35(16-22)32(39)30-31(41-19-33-30)23-9-11-25(40-4)12-10-23/h9-12,19-22,24,26-27H,5-8,13-18H2,1-4H3,(H,34,37)/t21-,22+,24+,26+,27+/m1/s1. The predicted octanol–water partition coefficient (Wildman–Crippen LogP) is 4.77. The number of carbonyl (C=O) groups excluding carboxylic acids is 3. The highest BCUT2D eigenvalue weighted by Crippen LogP contribution is 2.37. The third-order valence-corrected chi connectivity index (χ3v) is 9.25. The number of ether oxygens (including phenoxy) is 1. The number of hydrogen-bond acceptors (Lipinski definition) is 6. The first-order chi connectivity index (χ1) is 19.7. The number of fused-ring (bicyclic) bond motifs is 4. The Morgan fingerprint density at radius 1 is 1.10 bits per heavy atom. The van der Waals surface area contributed by atoms with Gasteiger partial charge >= 0.3 is 0 Å². The summed E-state index contributed by atoms with van der Waals surface area (Å²) in [6.07, 6.45) is 6.59. The molecule has 1 aromatic heterocycles. The van der Waals surface area contributed by atoms with Crippen molar-refractivity contribution in [2.24, 2.45) is 23.7 Å². The normalized spacial score (nSPS) is 27.8. The number of hydrogen-bond donors (Lipinski definition) is 1. The minimum atomic E-state index is -0.142. The summed E-state index contributed by atoms with van der Waals surface area (Å²) in [4.78, 5) is 48.6. The first-order valence-corrected chi connectivity index (χ1v) is 15.2. The number of likely N-dealkylation sites (tertiary alicyclic amines) is 1. The van der Waals surface area contributed by atoms with E-state index in [1.807, 2.05) is 29.2 Å². The van der Waals surface area contributed by atoms with Crippen molar-refractivity contribution in [1.82, 2.24) is 20.1 Å². The van der Waals surface area contributed by atoms with E-state index >= 15 is 0 Å². The van der Waals surface area contributed by atoms with Gasteiger partial charge in [0.15, 0.2) is 17.8 Å². The molecule has 41 heavy (non-hydrogen) atoms. The number of nitrogens with zero attached hydrogens (tertiary/aromatic N) is 3. The summed E-state index contributed by atoms with van der Waals surface area (Å²) in [6.45, 7) is 8.25. The maximum atomic E-state index is 13.8. The first-order valence-electron chi connectivity index (χ1n) is 15.2. The van der Waals surface area contributed by atoms with E-state index in [2.05, 4.69) is 36.0 Å². The smallest absolute Gasteiger partial charge is 0.276 e. The largest absolute Gasteiger partial charge is 0.497 e. The van der Waals surface area contributed by atoms with E-state index in [1.165, 1.54) is 6.39 Å². The minimum Gasteiger partial charge on any atom is -0.497 e. The van der Waals surface area contributed by atoms with Gasteiger partial charge in [0, 0.05) is 50.1 Å². The molecule has 3 amide bonds. The number of amides is 3. The highest BCUT2D eigenvalue weighted by atomic mass is 16.5. The molecule has 4 heterocycles. The van der Waals surface area contributed by atoms with Crippen molar-refractivity contribution < 1.29 is 23.5 Å². The maximum Gasteiger partial charge on any atom is 0.276 e. The van der Waals surface area contributed by atoms with Crippen LogP contribution in [0, 0.1) is 23.7 Å². The average Bonchev–Trinajstić information content (AvgIpc) is 3.45. The Morgan fingerprint density at radius 2 is 1.88 bits per heavy atom. The highest BCUT2D eigenvalue weighted by molar-refractivity contribution is 5.97. The summed E-state index contributed by atoms with van der Waals surface area (Å²) in [5.41, 5.74) is 1.08. The van der Waals surface area contributed by atoms with Gasteiger partial charge in [-0.3, -0.25) is 14.4 Å². The summed E-state index contributed by atoms with van der Waals surface area (Å²) in [6, 6.07) is 7.55. The van der Waals surface area contributed by atoms with Crippen LogP contribution in [0.5, 0.6) is 5.75 Å². The Kier molecular flexibility index (Phi) is 9.00. The molecule has 3 saturated heterocycles. The lowest BCUT2D eigenvalue weighted by atomic mass is 9.77. The molecular weight excluding hydrogens is 520 g/mol. The number of aromatic nitrogens is 1. The zero-order valence-corrected chi connectivity index (χ0v) is 24.8. The van der Waals surface area contributed by atoms with Crippen LogP contribution in [0.3, 0.4) is 0 Å². The van der Waals surface area contributed by atoms with Crippen LogP contribution < -0.4 is 10.1 Å². The molecule has 5 rings (SSSR count). The van der Waals surface area contributed by atoms with Gasteiger partial charge in [-0.1, -0.05) is 20.8 Å². The molecule has 3 aliphatic rings. The second kappa shape index (κ2) is 12.7. The Labute approximate surface area is 243 Å². The lowest BCUT2D eigenvalue weighted by Gasteiger charge is -2.51. The van der Waals surface area contributed by atoms with Crippen LogP contribution >= 0.6 is 0 Å². The van der Waals surface area contributed by atoms with Crippen LogP contribution in [-0.2, 0) is 9.59 Å². The Bertz CT molecular complexity index is 1220. The molecule has 3 fully saturated rings. The van der Waals surface area contributed by atoms with Crippen LogP contribution in [0.25, 0.3) is 11.3 Å². The monoisotopic (exact) mass is 564 g/mol. The lowest BCUT2D eigenvalue weighted by molar-refractivity contribution is -0.141. The molecular formula is C32H44N4O5. The second-order valence-electron chi connectivity index (χ2n) is 12.6. The number of rotatable bonds is 4. The van der Waals surface area contributed by atoms with Gasteiger partial charge in [-0.15, -0.1) is 0 Å². The van der Waals surface area contributed by atoms with E-state index in [0.29, 0.717) is 49.8 Å². The van der Waals surface area contributed by atoms with Gasteiger partial charge in [0.05, 0.1) is 7.11 Å². The third-order valence-electron chi connectivity index (χ3n) is 9.25. The molecule has 222 valence electrons. The Hall–Kier alpha value is -3.36. The van der Waals surface area contributed by atoms with Crippen LogP contribution in [0.4, 0.5) is 0 Å². The van der Waals surface area contributed by atoms with Crippen LogP contribution in [0.1, 0.15) is 76.2 Å². The van der Waals surface area contributed by atoms with E-state index in [4.69, 9.17) is 9.15 Å². The molecule has 9 heteroatoms. The molecule has 2 aromatic rings. The molecule has 0 spiro atoms. The number of methoxy groups -OCH3 is 1. The number of nitrogens with one attached hydrogen (secondary N) is 1. The van der Waals surface area contributed by atoms with Gasteiger partial charge in [0.1, 0.15) is 5.75 Å². The minimum absolute atomic E-state index is 0.0226. The van der Waals surface area contributed by atoms with Crippen molar-refractivity contribution in [3.63, 3.8) is 0 Å². The molecule has 0 unspecified atom stereocenters. The van der Waals surface area contributed by atoms with Gasteiger partial charge in [-0.05, 0) is 80.0 Å². The number of benzene rings is 1. The van der Waals surface area contributed by atoms with Crippen LogP contribution in [0.15, 0.2) is 35.1 Å². The quantitative estimate of drug-likeness (QED) is 0.574. The van der Waals surface area contributed by atoms with Gasteiger partial charge in [-0.25, -0.2) is 4.98 Å². The van der Waals surface area contributed by atoms with Crippen molar-refractivity contribution in [1.29, 1.82) is 0 Å². The van der Waals surface area contributed by atoms with Gasteiger partial charge in [0.2, 0.25) is 11.8 Å². The summed E-state index contributed by atoms with van der Waals surface area (Å²) < 4.78 is 10.9. The fourth-order valence-corrected chi connectivity index (χ4v) is 6.97. The molecule has 2 bridgehead atoms. The van der Waals surface area contributed by atoms with Crippen molar-refractivity contribution in [2.75, 3.05) is 26.7 Å². The topological polar surface area (TPSA) is 105 Å².